The molecule has 2 aromatic carbocycles. The fourth-order valence-electron chi connectivity index (χ4n) is 2.34. The molecule has 0 spiro atoms. The Morgan fingerprint density at radius 2 is 1.85 bits per heavy atom. The van der Waals surface area contributed by atoms with E-state index in [1.807, 2.05) is 5.38 Å². The maximum atomic E-state index is 12.3. The van der Waals surface area contributed by atoms with E-state index in [4.69, 9.17) is 5.26 Å². The van der Waals surface area contributed by atoms with Crippen molar-refractivity contribution < 1.29 is 13.5 Å². The van der Waals surface area contributed by atoms with Gasteiger partial charge in [-0.2, -0.15) is 19.1 Å². The Hall–Kier alpha value is -3.31. The van der Waals surface area contributed by atoms with Crippen molar-refractivity contribution in [2.24, 2.45) is 10.1 Å². The first-order chi connectivity index (χ1) is 13.1. The van der Waals surface area contributed by atoms with E-state index in [0.29, 0.717) is 10.4 Å². The molecule has 0 amide bonds. The summed E-state index contributed by atoms with van der Waals surface area (Å²) in [5.41, 5.74) is 2.97. The maximum Gasteiger partial charge on any atom is 0.387 e. The molecule has 0 fully saturated rings. The first-order valence-corrected chi connectivity index (χ1v) is 8.72. The largest absolute Gasteiger partial charge is 0.435 e. The highest BCUT2D eigenvalue weighted by Crippen LogP contribution is 2.24. The first-order valence-electron chi connectivity index (χ1n) is 7.84. The van der Waals surface area contributed by atoms with Crippen LogP contribution in [-0.4, -0.2) is 24.5 Å². The SMILES string of the molecule is CN=c1scc(-c2ccc(OC(F)F)cc2)n1N=Cc1ccc(C#N)cc1. The van der Waals surface area contributed by atoms with E-state index in [1.54, 1.807) is 54.3 Å². The number of aromatic nitrogens is 1. The van der Waals surface area contributed by atoms with E-state index in [9.17, 15) is 8.78 Å². The first kappa shape index (κ1) is 18.5. The van der Waals surface area contributed by atoms with E-state index < -0.39 is 6.61 Å². The summed E-state index contributed by atoms with van der Waals surface area (Å²) >= 11 is 1.42. The number of nitriles is 1. The van der Waals surface area contributed by atoms with E-state index in [0.717, 1.165) is 16.8 Å². The standard InChI is InChI=1S/C19H14F2N4OS/c1-23-19-25(24-11-14-4-2-13(10-22)3-5-14)17(12-27-19)15-6-8-16(9-7-15)26-18(20)21/h2-9,11-12,18H,1H3. The lowest BCUT2D eigenvalue weighted by molar-refractivity contribution is -0.0498. The number of halogens is 2. The smallest absolute Gasteiger partial charge is 0.387 e. The molecule has 136 valence electrons. The van der Waals surface area contributed by atoms with Crippen molar-refractivity contribution in [2.45, 2.75) is 6.61 Å². The molecule has 5 nitrogen and oxygen atoms in total. The summed E-state index contributed by atoms with van der Waals surface area (Å²) in [6.45, 7) is -2.86. The van der Waals surface area contributed by atoms with Crippen LogP contribution in [0.2, 0.25) is 0 Å². The Labute approximate surface area is 158 Å². The molecule has 0 unspecified atom stereocenters. The molecule has 0 saturated carbocycles. The van der Waals surface area contributed by atoms with E-state index >= 15 is 0 Å². The van der Waals surface area contributed by atoms with Gasteiger partial charge in [-0.15, -0.1) is 11.3 Å². The third-order valence-electron chi connectivity index (χ3n) is 3.61. The molecular weight excluding hydrogens is 370 g/mol. The van der Waals surface area contributed by atoms with Gasteiger partial charge in [0.05, 0.1) is 23.5 Å². The number of thiazole rings is 1. The molecule has 1 aromatic heterocycles. The lowest BCUT2D eigenvalue weighted by atomic mass is 10.1. The molecule has 0 radical (unpaired) electrons. The second-order valence-corrected chi connectivity index (χ2v) is 6.16. The highest BCUT2D eigenvalue weighted by molar-refractivity contribution is 7.07. The molecule has 1 heterocycles. The predicted molar refractivity (Wildman–Crippen MR) is 100 cm³/mol. The highest BCUT2D eigenvalue weighted by atomic mass is 32.1. The third-order valence-corrected chi connectivity index (χ3v) is 4.52. The number of alkyl halides is 2. The number of benzene rings is 2. The summed E-state index contributed by atoms with van der Waals surface area (Å²) in [5.74, 6) is 0.0945. The normalized spacial score (nSPS) is 11.9. The van der Waals surface area contributed by atoms with Gasteiger partial charge >= 0.3 is 6.61 Å². The van der Waals surface area contributed by atoms with Gasteiger partial charge in [0, 0.05) is 18.0 Å². The van der Waals surface area contributed by atoms with E-state index in [-0.39, 0.29) is 5.75 Å². The minimum absolute atomic E-state index is 0.0945. The Kier molecular flexibility index (Phi) is 5.74. The fourth-order valence-corrected chi connectivity index (χ4v) is 3.14. The average Bonchev–Trinajstić information content (AvgIpc) is 3.10. The molecule has 0 saturated heterocycles. The molecule has 27 heavy (non-hydrogen) atoms. The van der Waals surface area contributed by atoms with E-state index in [1.165, 1.54) is 23.5 Å². The Morgan fingerprint density at radius 1 is 1.15 bits per heavy atom. The number of hydrogen-bond acceptors (Lipinski definition) is 5. The zero-order chi connectivity index (χ0) is 19.2. The van der Waals surface area contributed by atoms with Gasteiger partial charge in [-0.3, -0.25) is 4.99 Å². The van der Waals surface area contributed by atoms with Crippen LogP contribution in [0.1, 0.15) is 11.1 Å². The van der Waals surface area contributed by atoms with Crippen LogP contribution in [0.25, 0.3) is 11.3 Å². The molecule has 0 N–H and O–H groups in total. The van der Waals surface area contributed by atoms with Crippen LogP contribution in [0, 0.1) is 11.3 Å². The molecule has 0 aliphatic rings. The van der Waals surface area contributed by atoms with Gasteiger partial charge in [0.2, 0.25) is 4.80 Å². The number of ether oxygens (including phenoxy) is 1. The van der Waals surface area contributed by atoms with Crippen molar-refractivity contribution in [1.82, 2.24) is 4.68 Å². The van der Waals surface area contributed by atoms with Gasteiger partial charge in [0.25, 0.3) is 0 Å². The molecule has 0 atom stereocenters. The fraction of sp³-hybridized carbons (Fsp3) is 0.105. The van der Waals surface area contributed by atoms with Crippen LogP contribution < -0.4 is 9.54 Å². The van der Waals surface area contributed by atoms with Crippen LogP contribution in [0.15, 0.2) is 64.0 Å². The van der Waals surface area contributed by atoms with Crippen LogP contribution in [0.5, 0.6) is 5.75 Å². The zero-order valence-corrected chi connectivity index (χ0v) is 15.0. The molecular formula is C19H14F2N4OS. The molecule has 0 aliphatic heterocycles. The van der Waals surface area contributed by atoms with Crippen molar-refractivity contribution >= 4 is 17.6 Å². The second-order valence-electron chi connectivity index (χ2n) is 5.32. The molecule has 0 bridgehead atoms. The molecule has 3 aromatic rings. The van der Waals surface area contributed by atoms with Crippen LogP contribution in [-0.2, 0) is 0 Å². The second kappa shape index (κ2) is 8.38. The topological polar surface area (TPSA) is 62.7 Å². The van der Waals surface area contributed by atoms with Gasteiger partial charge in [-0.1, -0.05) is 12.1 Å². The monoisotopic (exact) mass is 384 g/mol. The summed E-state index contributed by atoms with van der Waals surface area (Å²) in [6.07, 6.45) is 1.67. The maximum absolute atomic E-state index is 12.3. The van der Waals surface area contributed by atoms with Crippen LogP contribution in [0.4, 0.5) is 8.78 Å². The minimum Gasteiger partial charge on any atom is -0.435 e. The zero-order valence-electron chi connectivity index (χ0n) is 14.2. The minimum atomic E-state index is -2.86. The van der Waals surface area contributed by atoms with Gasteiger partial charge in [-0.25, -0.2) is 4.68 Å². The highest BCUT2D eigenvalue weighted by Gasteiger charge is 2.09. The van der Waals surface area contributed by atoms with Gasteiger partial charge in [0.1, 0.15) is 5.75 Å². The van der Waals surface area contributed by atoms with Gasteiger partial charge < -0.3 is 4.74 Å². The van der Waals surface area contributed by atoms with Crippen LogP contribution >= 0.6 is 11.3 Å². The summed E-state index contributed by atoms with van der Waals surface area (Å²) in [4.78, 5) is 4.90. The van der Waals surface area contributed by atoms with E-state index in [2.05, 4.69) is 20.9 Å². The lowest BCUT2D eigenvalue weighted by Crippen LogP contribution is -2.11. The molecule has 0 aliphatic carbocycles. The quantitative estimate of drug-likeness (QED) is 0.622. The molecule has 8 heteroatoms. The summed E-state index contributed by atoms with van der Waals surface area (Å²) in [6, 6.07) is 15.4. The summed E-state index contributed by atoms with van der Waals surface area (Å²) < 4.78 is 30.6. The Balaban J connectivity index is 1.93. The summed E-state index contributed by atoms with van der Waals surface area (Å²) in [7, 11) is 1.67. The van der Waals surface area contributed by atoms with Crippen molar-refractivity contribution in [3.05, 3.63) is 69.8 Å². The van der Waals surface area contributed by atoms with Crippen molar-refractivity contribution in [1.29, 1.82) is 5.26 Å². The van der Waals surface area contributed by atoms with Crippen molar-refractivity contribution in [3.8, 4) is 23.1 Å². The van der Waals surface area contributed by atoms with Gasteiger partial charge in [0.15, 0.2) is 0 Å². The van der Waals surface area contributed by atoms with Crippen LogP contribution in [0.3, 0.4) is 0 Å². The average molecular weight is 384 g/mol. The van der Waals surface area contributed by atoms with Gasteiger partial charge in [-0.05, 0) is 42.0 Å². The lowest BCUT2D eigenvalue weighted by Gasteiger charge is -2.06. The molecule has 3 rings (SSSR count). The number of rotatable bonds is 5. The van der Waals surface area contributed by atoms with Crippen molar-refractivity contribution in [3.63, 3.8) is 0 Å². The third kappa shape index (κ3) is 4.46. The Morgan fingerprint density at radius 3 is 2.44 bits per heavy atom. The predicted octanol–water partition coefficient (Wildman–Crippen LogP) is 4.10. The Bertz CT molecular complexity index is 1050. The number of hydrogen-bond donors (Lipinski definition) is 0. The van der Waals surface area contributed by atoms with Crippen molar-refractivity contribution in [2.75, 3.05) is 7.05 Å². The summed E-state index contributed by atoms with van der Waals surface area (Å²) in [5, 5.41) is 15.2. The number of nitrogens with zero attached hydrogens (tertiary/aromatic N) is 4.